The van der Waals surface area contributed by atoms with Crippen LogP contribution in [0.15, 0.2) is 0 Å². The second-order valence-electron chi connectivity index (χ2n) is 2.77. The fourth-order valence-electron chi connectivity index (χ4n) is 0.830. The molecule has 0 bridgehead atoms. The van der Waals surface area contributed by atoms with Gasteiger partial charge in [-0.05, 0) is 12.8 Å². The van der Waals surface area contributed by atoms with Crippen molar-refractivity contribution in [2.45, 2.75) is 25.7 Å². The highest BCUT2D eigenvalue weighted by molar-refractivity contribution is 7.90. The highest BCUT2D eigenvalue weighted by atomic mass is 32.2. The Labute approximate surface area is 68.3 Å². The first-order valence-corrected chi connectivity index (χ1v) is 5.91. The van der Waals surface area contributed by atoms with E-state index in [1.807, 2.05) is 0 Å². The summed E-state index contributed by atoms with van der Waals surface area (Å²) in [5.74, 6) is 0.276. The Balaban J connectivity index is 3.16. The summed E-state index contributed by atoms with van der Waals surface area (Å²) in [7, 11) is -2.77. The van der Waals surface area contributed by atoms with Gasteiger partial charge in [0.1, 0.15) is 9.84 Å². The van der Waals surface area contributed by atoms with E-state index >= 15 is 0 Å². The van der Waals surface area contributed by atoms with Crippen molar-refractivity contribution in [1.29, 1.82) is 0 Å². The summed E-state index contributed by atoms with van der Waals surface area (Å²) in [6, 6.07) is 0. The van der Waals surface area contributed by atoms with E-state index in [1.165, 1.54) is 6.26 Å². The van der Waals surface area contributed by atoms with Crippen LogP contribution in [0.1, 0.15) is 25.7 Å². The standard InChI is InChI=1S/C7H16O3S/c1-11(9,10)7-5-3-2-4-6-8/h8H,2-7H2,1H3. The van der Waals surface area contributed by atoms with Crippen molar-refractivity contribution in [2.24, 2.45) is 0 Å². The SMILES string of the molecule is CS(=O)(=O)CCCCCCO. The van der Waals surface area contributed by atoms with Gasteiger partial charge < -0.3 is 5.11 Å². The van der Waals surface area contributed by atoms with Crippen molar-refractivity contribution in [3.8, 4) is 0 Å². The summed E-state index contributed by atoms with van der Waals surface area (Å²) in [5.41, 5.74) is 0. The molecule has 0 rings (SSSR count). The molecule has 4 heteroatoms. The lowest BCUT2D eigenvalue weighted by Crippen LogP contribution is -2.02. The first-order chi connectivity index (χ1) is 5.06. The fourth-order valence-corrected chi connectivity index (χ4v) is 1.56. The van der Waals surface area contributed by atoms with E-state index in [0.29, 0.717) is 0 Å². The molecule has 0 aliphatic rings. The number of hydrogen-bond donors (Lipinski definition) is 1. The van der Waals surface area contributed by atoms with E-state index in [4.69, 9.17) is 5.11 Å². The van der Waals surface area contributed by atoms with Crippen molar-refractivity contribution >= 4 is 9.84 Å². The lowest BCUT2D eigenvalue weighted by atomic mass is 10.2. The molecule has 0 atom stereocenters. The molecule has 0 heterocycles. The molecular weight excluding hydrogens is 164 g/mol. The van der Waals surface area contributed by atoms with Crippen LogP contribution < -0.4 is 0 Å². The van der Waals surface area contributed by atoms with Gasteiger partial charge in [0, 0.05) is 18.6 Å². The lowest BCUT2D eigenvalue weighted by molar-refractivity contribution is 0.283. The molecule has 0 spiro atoms. The van der Waals surface area contributed by atoms with E-state index in [2.05, 4.69) is 0 Å². The first-order valence-electron chi connectivity index (χ1n) is 3.85. The highest BCUT2D eigenvalue weighted by Gasteiger charge is 1.99. The van der Waals surface area contributed by atoms with Crippen molar-refractivity contribution in [2.75, 3.05) is 18.6 Å². The monoisotopic (exact) mass is 180 g/mol. The third kappa shape index (κ3) is 9.91. The zero-order chi connectivity index (χ0) is 8.74. The molecule has 0 aliphatic heterocycles. The Bertz CT molecular complexity index is 172. The molecule has 68 valence electrons. The fraction of sp³-hybridized carbons (Fsp3) is 1.00. The zero-order valence-corrected chi connectivity index (χ0v) is 7.73. The Morgan fingerprint density at radius 1 is 1.09 bits per heavy atom. The van der Waals surface area contributed by atoms with Crippen LogP contribution in [0.5, 0.6) is 0 Å². The largest absolute Gasteiger partial charge is 0.396 e. The summed E-state index contributed by atoms with van der Waals surface area (Å²) in [5, 5.41) is 8.41. The molecule has 0 aliphatic carbocycles. The summed E-state index contributed by atoms with van der Waals surface area (Å²) < 4.78 is 21.2. The minimum absolute atomic E-state index is 0.207. The molecule has 0 saturated heterocycles. The van der Waals surface area contributed by atoms with Gasteiger partial charge in [-0.15, -0.1) is 0 Å². The predicted octanol–water partition coefficient (Wildman–Crippen LogP) is 0.584. The number of aliphatic hydroxyl groups is 1. The molecule has 3 nitrogen and oxygen atoms in total. The van der Waals surface area contributed by atoms with Crippen LogP contribution in [-0.4, -0.2) is 32.1 Å². The van der Waals surface area contributed by atoms with E-state index in [0.717, 1.165) is 25.7 Å². The van der Waals surface area contributed by atoms with E-state index in [-0.39, 0.29) is 12.4 Å². The van der Waals surface area contributed by atoms with E-state index in [9.17, 15) is 8.42 Å². The van der Waals surface area contributed by atoms with Gasteiger partial charge in [0.2, 0.25) is 0 Å². The second kappa shape index (κ2) is 5.55. The van der Waals surface area contributed by atoms with Crippen LogP contribution in [0.3, 0.4) is 0 Å². The van der Waals surface area contributed by atoms with Crippen molar-refractivity contribution in [1.82, 2.24) is 0 Å². The Morgan fingerprint density at radius 3 is 2.09 bits per heavy atom. The minimum atomic E-state index is -2.77. The first kappa shape index (κ1) is 10.9. The van der Waals surface area contributed by atoms with Crippen molar-refractivity contribution in [3.63, 3.8) is 0 Å². The predicted molar refractivity (Wildman–Crippen MR) is 45.3 cm³/mol. The molecule has 11 heavy (non-hydrogen) atoms. The van der Waals surface area contributed by atoms with Gasteiger partial charge in [0.25, 0.3) is 0 Å². The van der Waals surface area contributed by atoms with Crippen LogP contribution in [0.4, 0.5) is 0 Å². The smallest absolute Gasteiger partial charge is 0.147 e. The molecule has 0 radical (unpaired) electrons. The number of sulfone groups is 1. The Hall–Kier alpha value is -0.0900. The maximum absolute atomic E-state index is 10.6. The molecule has 0 aromatic carbocycles. The molecule has 0 aromatic heterocycles. The second-order valence-corrected chi connectivity index (χ2v) is 5.03. The van der Waals surface area contributed by atoms with Gasteiger partial charge in [-0.1, -0.05) is 12.8 Å². The normalized spacial score (nSPS) is 11.8. The molecule has 0 amide bonds. The van der Waals surface area contributed by atoms with Crippen LogP contribution >= 0.6 is 0 Å². The van der Waals surface area contributed by atoms with Crippen molar-refractivity contribution in [3.05, 3.63) is 0 Å². The van der Waals surface area contributed by atoms with Gasteiger partial charge >= 0.3 is 0 Å². The van der Waals surface area contributed by atoms with Gasteiger partial charge in [-0.3, -0.25) is 0 Å². The lowest BCUT2D eigenvalue weighted by Gasteiger charge is -1.97. The summed E-state index contributed by atoms with van der Waals surface area (Å²) >= 11 is 0. The maximum Gasteiger partial charge on any atom is 0.147 e. The number of rotatable bonds is 6. The van der Waals surface area contributed by atoms with E-state index < -0.39 is 9.84 Å². The quantitative estimate of drug-likeness (QED) is 0.608. The van der Waals surface area contributed by atoms with Crippen LogP contribution in [0.25, 0.3) is 0 Å². The minimum Gasteiger partial charge on any atom is -0.396 e. The number of hydrogen-bond acceptors (Lipinski definition) is 3. The third-order valence-corrected chi connectivity index (χ3v) is 2.45. The third-order valence-electron chi connectivity index (χ3n) is 1.42. The average molecular weight is 180 g/mol. The average Bonchev–Trinajstić information content (AvgIpc) is 1.85. The van der Waals surface area contributed by atoms with Crippen LogP contribution in [-0.2, 0) is 9.84 Å². The molecule has 0 aromatic rings. The topological polar surface area (TPSA) is 54.4 Å². The number of aliphatic hydroxyl groups excluding tert-OH is 1. The Morgan fingerprint density at radius 2 is 1.64 bits per heavy atom. The van der Waals surface area contributed by atoms with Crippen LogP contribution in [0.2, 0.25) is 0 Å². The molecular formula is C7H16O3S. The van der Waals surface area contributed by atoms with Gasteiger partial charge in [0.05, 0.1) is 0 Å². The number of unbranched alkanes of at least 4 members (excludes halogenated alkanes) is 3. The van der Waals surface area contributed by atoms with Gasteiger partial charge in [-0.25, -0.2) is 8.42 Å². The molecule has 0 unspecified atom stereocenters. The van der Waals surface area contributed by atoms with Crippen LogP contribution in [0, 0.1) is 0 Å². The molecule has 1 N–H and O–H groups in total. The van der Waals surface area contributed by atoms with Gasteiger partial charge in [-0.2, -0.15) is 0 Å². The summed E-state index contributed by atoms with van der Waals surface area (Å²) in [6.07, 6.45) is 4.57. The maximum atomic E-state index is 10.6. The van der Waals surface area contributed by atoms with Crippen molar-refractivity contribution < 1.29 is 13.5 Å². The zero-order valence-electron chi connectivity index (χ0n) is 6.91. The Kier molecular flexibility index (Phi) is 5.50. The van der Waals surface area contributed by atoms with Gasteiger partial charge in [0.15, 0.2) is 0 Å². The molecule has 0 saturated carbocycles. The highest BCUT2D eigenvalue weighted by Crippen LogP contribution is 2.00. The summed E-state index contributed by atoms with van der Waals surface area (Å²) in [4.78, 5) is 0. The van der Waals surface area contributed by atoms with E-state index in [1.54, 1.807) is 0 Å². The summed E-state index contributed by atoms with van der Waals surface area (Å²) in [6.45, 7) is 0.207. The molecule has 0 fully saturated rings.